The molecule has 0 radical (unpaired) electrons. The predicted octanol–water partition coefficient (Wildman–Crippen LogP) is 13.8. The normalized spacial score (nSPS) is 15.5. The van der Waals surface area contributed by atoms with Gasteiger partial charge in [-0.1, -0.05) is 0 Å². The fourth-order valence-electron chi connectivity index (χ4n) is 7.83. The molecule has 6 rings (SSSR count). The Labute approximate surface area is 298 Å². The molecule has 0 aromatic heterocycles. The molecular formula is C45H52Cl2Hf. The van der Waals surface area contributed by atoms with E-state index < -0.39 is 15.7 Å². The van der Waals surface area contributed by atoms with Gasteiger partial charge in [-0.15, -0.1) is 0 Å². The summed E-state index contributed by atoms with van der Waals surface area (Å²) in [6.07, 6.45) is 8.86. The monoisotopic (exact) mass is 842 g/mol. The zero-order valence-corrected chi connectivity index (χ0v) is 35.6. The Morgan fingerprint density at radius 1 is 0.562 bits per heavy atom. The van der Waals surface area contributed by atoms with Gasteiger partial charge in [0.05, 0.1) is 0 Å². The van der Waals surface area contributed by atoms with Crippen LogP contribution >= 0.6 is 17.2 Å². The quantitative estimate of drug-likeness (QED) is 0.170. The molecule has 0 aliphatic heterocycles. The number of hydrogen-bond donors (Lipinski definition) is 0. The van der Waals surface area contributed by atoms with Gasteiger partial charge in [0.2, 0.25) is 0 Å². The molecule has 48 heavy (non-hydrogen) atoms. The molecule has 0 heterocycles. The summed E-state index contributed by atoms with van der Waals surface area (Å²) in [6, 6.07) is 32.5. The van der Waals surface area contributed by atoms with Crippen LogP contribution in [0.25, 0.3) is 11.1 Å². The maximum absolute atomic E-state index is 8.81. The van der Waals surface area contributed by atoms with E-state index in [-0.39, 0.29) is 18.2 Å². The van der Waals surface area contributed by atoms with Crippen molar-refractivity contribution in [2.24, 2.45) is 0 Å². The standard InChI is InChI=1S/C21H25.C19H22.C5H5.2ClH.Hf/c1-20(2,3)16-9-7-14-11-15-8-10-17(21(4,5)6)13-19(15)18(14)12-16;1-14(2)18-9-5-16(6-10-18)13-17-7-11-19(12-8-17)15(3)4;1-2-4-5-3-1;;;/h7-13H,1-6H3;5-12,14-15H,1-4H3;1-5H;2*1H;/q;;;;;+2/p-2. The third-order valence-corrected chi connectivity index (χ3v) is 39.0. The number of fused-ring (bicyclic) bond motifs is 3. The topological polar surface area (TPSA) is 0 Å². The molecule has 0 unspecified atom stereocenters. The van der Waals surface area contributed by atoms with Crippen molar-refractivity contribution in [1.82, 2.24) is 0 Å². The van der Waals surface area contributed by atoms with E-state index in [1.165, 1.54) is 44.5 Å². The first-order valence-electron chi connectivity index (χ1n) is 17.7. The van der Waals surface area contributed by atoms with Crippen molar-refractivity contribution >= 4 is 20.4 Å². The van der Waals surface area contributed by atoms with E-state index >= 15 is 0 Å². The third-order valence-electron chi connectivity index (χ3n) is 10.8. The van der Waals surface area contributed by atoms with Crippen LogP contribution in [0.2, 0.25) is 3.67 Å². The van der Waals surface area contributed by atoms with E-state index in [2.05, 4.69) is 178 Å². The van der Waals surface area contributed by atoms with Crippen molar-refractivity contribution in [3.63, 3.8) is 0 Å². The summed E-state index contributed by atoms with van der Waals surface area (Å²) in [5, 5.41) is 0. The minimum absolute atomic E-state index is 0.0141. The Kier molecular flexibility index (Phi) is 9.22. The van der Waals surface area contributed by atoms with Crippen LogP contribution in [0.5, 0.6) is 0 Å². The van der Waals surface area contributed by atoms with Crippen molar-refractivity contribution in [3.8, 4) is 11.1 Å². The Bertz CT molecular complexity index is 1850. The van der Waals surface area contributed by atoms with Crippen LogP contribution < -0.4 is 0 Å². The summed E-state index contributed by atoms with van der Waals surface area (Å²) in [4.78, 5) is 0. The van der Waals surface area contributed by atoms with Crippen LogP contribution in [0.15, 0.2) is 109 Å². The molecule has 4 aromatic rings. The Morgan fingerprint density at radius 3 is 1.27 bits per heavy atom. The number of rotatable bonds is 6. The molecule has 0 saturated heterocycles. The van der Waals surface area contributed by atoms with E-state index in [1.807, 2.05) is 0 Å². The van der Waals surface area contributed by atoms with E-state index in [1.54, 1.807) is 0 Å². The third kappa shape index (κ3) is 6.05. The second-order valence-electron chi connectivity index (χ2n) is 16.9. The molecule has 250 valence electrons. The first-order chi connectivity index (χ1) is 22.4. The number of allylic oxidation sites excluding steroid dienone is 4. The SMILES string of the molecule is CC(C)c1ccc([C](c2ccc(C(C)C)cc2)=[Hf]([Cl])([Cl])([CH]2C=CC=C2)[CH]2c3ccc(C(C)(C)C)cc3-c3cc(C(C)(C)C)ccc32)cc1. The van der Waals surface area contributed by atoms with Gasteiger partial charge in [0.25, 0.3) is 0 Å². The second kappa shape index (κ2) is 12.5. The summed E-state index contributed by atoms with van der Waals surface area (Å²) >= 11 is -5.56. The second-order valence-corrected chi connectivity index (χ2v) is 46.4. The summed E-state index contributed by atoms with van der Waals surface area (Å²) in [5.74, 6) is 0.873. The van der Waals surface area contributed by atoms with Crippen LogP contribution in [0.3, 0.4) is 0 Å². The molecule has 2 aliphatic carbocycles. The van der Waals surface area contributed by atoms with Crippen LogP contribution in [-0.4, -0.2) is 3.26 Å². The van der Waals surface area contributed by atoms with Crippen molar-refractivity contribution in [3.05, 3.63) is 154 Å². The Hall–Kier alpha value is -2.32. The Morgan fingerprint density at radius 2 is 0.938 bits per heavy atom. The van der Waals surface area contributed by atoms with Gasteiger partial charge >= 0.3 is 300 Å². The molecule has 0 nitrogen and oxygen atoms in total. The van der Waals surface area contributed by atoms with Gasteiger partial charge in [0.1, 0.15) is 0 Å². The van der Waals surface area contributed by atoms with Gasteiger partial charge in [-0.2, -0.15) is 0 Å². The number of benzene rings is 4. The molecule has 4 aromatic carbocycles. The first kappa shape index (κ1) is 35.5. The average Bonchev–Trinajstić information content (AvgIpc) is 3.68. The molecule has 2 aliphatic rings. The predicted molar refractivity (Wildman–Crippen MR) is 209 cm³/mol. The van der Waals surface area contributed by atoms with Gasteiger partial charge in [-0.3, -0.25) is 0 Å². The van der Waals surface area contributed by atoms with Gasteiger partial charge in [-0.25, -0.2) is 0 Å². The minimum atomic E-state index is -5.56. The first-order valence-corrected chi connectivity index (χ1v) is 32.6. The van der Waals surface area contributed by atoms with E-state index in [9.17, 15) is 0 Å². The molecule has 0 spiro atoms. The molecule has 0 bridgehead atoms. The van der Waals surface area contributed by atoms with Gasteiger partial charge in [-0.05, 0) is 0 Å². The van der Waals surface area contributed by atoms with Gasteiger partial charge in [0, 0.05) is 0 Å². The van der Waals surface area contributed by atoms with E-state index in [4.69, 9.17) is 17.2 Å². The Balaban J connectivity index is 1.79. The average molecular weight is 842 g/mol. The zero-order chi connectivity index (χ0) is 34.8. The number of halogens is 2. The fraction of sp³-hybridized carbons (Fsp3) is 0.356. The summed E-state index contributed by atoms with van der Waals surface area (Å²) in [5.41, 5.74) is 12.7. The molecule has 0 N–H and O–H groups in total. The molecule has 3 heteroatoms. The molecular weight excluding hydrogens is 790 g/mol. The summed E-state index contributed by atoms with van der Waals surface area (Å²) in [7, 11) is 17.6. The summed E-state index contributed by atoms with van der Waals surface area (Å²) in [6.45, 7) is 22.8. The van der Waals surface area contributed by atoms with Gasteiger partial charge in [0.15, 0.2) is 0 Å². The van der Waals surface area contributed by atoms with Crippen molar-refractivity contribution in [1.29, 1.82) is 0 Å². The fourth-order valence-corrected chi connectivity index (χ4v) is 35.6. The van der Waals surface area contributed by atoms with Gasteiger partial charge < -0.3 is 0 Å². The van der Waals surface area contributed by atoms with E-state index in [0.29, 0.717) is 11.8 Å². The molecule has 0 amide bonds. The van der Waals surface area contributed by atoms with Crippen molar-refractivity contribution < 1.29 is 15.7 Å². The van der Waals surface area contributed by atoms with E-state index in [0.717, 1.165) is 14.4 Å². The molecule has 0 saturated carbocycles. The van der Waals surface area contributed by atoms with Crippen LogP contribution in [0, 0.1) is 0 Å². The molecule has 0 fully saturated rings. The van der Waals surface area contributed by atoms with Crippen LogP contribution in [-0.2, 0) is 26.5 Å². The maximum atomic E-state index is 8.81. The van der Waals surface area contributed by atoms with Crippen LogP contribution in [0.4, 0.5) is 0 Å². The van der Waals surface area contributed by atoms with Crippen molar-refractivity contribution in [2.45, 2.75) is 99.3 Å². The van der Waals surface area contributed by atoms with Crippen LogP contribution in [0.1, 0.15) is 129 Å². The van der Waals surface area contributed by atoms with Crippen molar-refractivity contribution in [2.75, 3.05) is 0 Å². The number of hydrogen-bond acceptors (Lipinski definition) is 0. The summed E-state index contributed by atoms with van der Waals surface area (Å²) < 4.78 is 0.967. The zero-order valence-electron chi connectivity index (χ0n) is 30.5. The molecule has 0 atom stereocenters.